The molecule has 9 heteroatoms. The second-order valence-corrected chi connectivity index (χ2v) is 7.32. The standard InChI is InChI=1S/C13H14FN3O3S2/c1-8-7-21-12(16-8)6-15-13(18)10-5-9(14)3-4-11(10)17-22(2,19)20/h3-5,7,17H,6H2,1-2H3,(H,15,18). The second-order valence-electron chi connectivity index (χ2n) is 4.63. The maximum absolute atomic E-state index is 13.3. The zero-order valence-corrected chi connectivity index (χ0v) is 13.5. The van der Waals surface area contributed by atoms with Crippen molar-refractivity contribution in [1.82, 2.24) is 10.3 Å². The highest BCUT2D eigenvalue weighted by molar-refractivity contribution is 7.92. The number of nitrogens with one attached hydrogen (secondary N) is 2. The van der Waals surface area contributed by atoms with Gasteiger partial charge in [-0.3, -0.25) is 9.52 Å². The van der Waals surface area contributed by atoms with Crippen molar-refractivity contribution < 1.29 is 17.6 Å². The number of hydrogen-bond donors (Lipinski definition) is 2. The Morgan fingerprint density at radius 1 is 1.41 bits per heavy atom. The molecule has 2 N–H and O–H groups in total. The van der Waals surface area contributed by atoms with E-state index >= 15 is 0 Å². The lowest BCUT2D eigenvalue weighted by Gasteiger charge is -2.10. The van der Waals surface area contributed by atoms with Gasteiger partial charge in [-0.25, -0.2) is 17.8 Å². The third-order valence-corrected chi connectivity index (χ3v) is 4.15. The number of nitrogens with zero attached hydrogens (tertiary/aromatic N) is 1. The van der Waals surface area contributed by atoms with Gasteiger partial charge >= 0.3 is 0 Å². The quantitative estimate of drug-likeness (QED) is 0.868. The molecule has 0 bridgehead atoms. The van der Waals surface area contributed by atoms with Crippen LogP contribution in [0, 0.1) is 12.7 Å². The number of rotatable bonds is 5. The SMILES string of the molecule is Cc1csc(CNC(=O)c2cc(F)ccc2NS(C)(=O)=O)n1. The first-order chi connectivity index (χ1) is 10.2. The minimum atomic E-state index is -3.57. The molecule has 2 aromatic rings. The average Bonchev–Trinajstić information content (AvgIpc) is 2.82. The first-order valence-electron chi connectivity index (χ1n) is 6.21. The number of benzene rings is 1. The smallest absolute Gasteiger partial charge is 0.253 e. The van der Waals surface area contributed by atoms with Gasteiger partial charge in [0.1, 0.15) is 10.8 Å². The Bertz CT molecular complexity index is 803. The van der Waals surface area contributed by atoms with E-state index in [4.69, 9.17) is 0 Å². The Labute approximate surface area is 131 Å². The molecule has 0 fully saturated rings. The zero-order valence-electron chi connectivity index (χ0n) is 11.9. The number of thiazole rings is 1. The Balaban J connectivity index is 2.18. The molecule has 0 aliphatic carbocycles. The molecule has 22 heavy (non-hydrogen) atoms. The van der Waals surface area contributed by atoms with Gasteiger partial charge in [0, 0.05) is 11.1 Å². The minimum Gasteiger partial charge on any atom is -0.345 e. The van der Waals surface area contributed by atoms with Crippen LogP contribution in [-0.4, -0.2) is 25.6 Å². The van der Waals surface area contributed by atoms with Gasteiger partial charge in [-0.2, -0.15) is 0 Å². The summed E-state index contributed by atoms with van der Waals surface area (Å²) in [7, 11) is -3.57. The van der Waals surface area contributed by atoms with Gasteiger partial charge in [-0.15, -0.1) is 11.3 Å². The largest absolute Gasteiger partial charge is 0.345 e. The van der Waals surface area contributed by atoms with Crippen molar-refractivity contribution >= 4 is 33.0 Å². The van der Waals surface area contributed by atoms with E-state index in [0.717, 1.165) is 24.1 Å². The van der Waals surface area contributed by atoms with Crippen molar-refractivity contribution in [3.63, 3.8) is 0 Å². The summed E-state index contributed by atoms with van der Waals surface area (Å²) in [6, 6.07) is 3.27. The molecular weight excluding hydrogens is 329 g/mol. The molecule has 1 heterocycles. The third-order valence-electron chi connectivity index (χ3n) is 2.59. The first-order valence-corrected chi connectivity index (χ1v) is 8.98. The topological polar surface area (TPSA) is 88.2 Å². The number of carbonyl (C=O) groups is 1. The number of aromatic nitrogens is 1. The molecule has 0 radical (unpaired) electrons. The van der Waals surface area contributed by atoms with Crippen molar-refractivity contribution in [2.45, 2.75) is 13.5 Å². The molecule has 0 unspecified atom stereocenters. The van der Waals surface area contributed by atoms with Crippen molar-refractivity contribution in [1.29, 1.82) is 0 Å². The molecule has 1 aromatic carbocycles. The normalized spacial score (nSPS) is 11.2. The van der Waals surface area contributed by atoms with Crippen molar-refractivity contribution in [2.75, 3.05) is 11.0 Å². The molecule has 2 rings (SSSR count). The van der Waals surface area contributed by atoms with Gasteiger partial charge < -0.3 is 5.32 Å². The maximum atomic E-state index is 13.3. The lowest BCUT2D eigenvalue weighted by atomic mass is 10.1. The van der Waals surface area contributed by atoms with E-state index in [-0.39, 0.29) is 17.8 Å². The fourth-order valence-corrected chi connectivity index (χ4v) is 3.02. The van der Waals surface area contributed by atoms with Gasteiger partial charge in [-0.05, 0) is 25.1 Å². The fourth-order valence-electron chi connectivity index (χ4n) is 1.73. The summed E-state index contributed by atoms with van der Waals surface area (Å²) in [5.74, 6) is -1.22. The molecule has 0 saturated carbocycles. The van der Waals surface area contributed by atoms with Crippen LogP contribution in [0.2, 0.25) is 0 Å². The van der Waals surface area contributed by atoms with E-state index in [1.165, 1.54) is 17.4 Å². The van der Waals surface area contributed by atoms with Crippen LogP contribution in [0.5, 0.6) is 0 Å². The monoisotopic (exact) mass is 343 g/mol. The van der Waals surface area contributed by atoms with Crippen molar-refractivity contribution in [3.05, 3.63) is 45.7 Å². The fraction of sp³-hybridized carbons (Fsp3) is 0.231. The Hall–Kier alpha value is -2.00. The third kappa shape index (κ3) is 4.50. The van der Waals surface area contributed by atoms with Gasteiger partial charge in [0.2, 0.25) is 10.0 Å². The Kier molecular flexibility index (Phi) is 4.77. The summed E-state index contributed by atoms with van der Waals surface area (Å²) >= 11 is 1.39. The number of amides is 1. The first kappa shape index (κ1) is 16.4. The van der Waals surface area contributed by atoms with Crippen LogP contribution in [-0.2, 0) is 16.6 Å². The van der Waals surface area contributed by atoms with Gasteiger partial charge in [0.15, 0.2) is 0 Å². The molecule has 1 aromatic heterocycles. The summed E-state index contributed by atoms with van der Waals surface area (Å²) in [5.41, 5.74) is 0.787. The van der Waals surface area contributed by atoms with E-state index in [1.807, 2.05) is 12.3 Å². The molecule has 118 valence electrons. The summed E-state index contributed by atoms with van der Waals surface area (Å²) in [6.07, 6.45) is 0.955. The van der Waals surface area contributed by atoms with Gasteiger partial charge in [0.25, 0.3) is 5.91 Å². The van der Waals surface area contributed by atoms with E-state index in [1.54, 1.807) is 0 Å². The molecule has 0 atom stereocenters. The van der Waals surface area contributed by atoms with Crippen LogP contribution < -0.4 is 10.0 Å². The number of hydrogen-bond acceptors (Lipinski definition) is 5. The lowest BCUT2D eigenvalue weighted by Crippen LogP contribution is -2.25. The number of anilines is 1. The predicted molar refractivity (Wildman–Crippen MR) is 82.9 cm³/mol. The molecule has 0 aliphatic rings. The van der Waals surface area contributed by atoms with Crippen LogP contribution in [0.4, 0.5) is 10.1 Å². The summed E-state index contributed by atoms with van der Waals surface area (Å²) in [6.45, 7) is 2.02. The maximum Gasteiger partial charge on any atom is 0.253 e. The summed E-state index contributed by atoms with van der Waals surface area (Å²) in [4.78, 5) is 16.3. The van der Waals surface area contributed by atoms with Crippen molar-refractivity contribution in [2.24, 2.45) is 0 Å². The van der Waals surface area contributed by atoms with Crippen LogP contribution in [0.1, 0.15) is 21.1 Å². The molecule has 0 spiro atoms. The van der Waals surface area contributed by atoms with E-state index < -0.39 is 21.7 Å². The number of halogens is 1. The number of aryl methyl sites for hydroxylation is 1. The van der Waals surface area contributed by atoms with E-state index in [2.05, 4.69) is 15.0 Å². The molecule has 0 aliphatic heterocycles. The van der Waals surface area contributed by atoms with Crippen molar-refractivity contribution in [3.8, 4) is 0 Å². The molecule has 0 saturated heterocycles. The van der Waals surface area contributed by atoms with Crippen LogP contribution in [0.3, 0.4) is 0 Å². The second kappa shape index (κ2) is 6.41. The zero-order chi connectivity index (χ0) is 16.3. The highest BCUT2D eigenvalue weighted by Crippen LogP contribution is 2.18. The minimum absolute atomic E-state index is 0.0247. The molecule has 1 amide bonds. The van der Waals surface area contributed by atoms with Crippen LogP contribution in [0.25, 0.3) is 0 Å². The summed E-state index contributed by atoms with van der Waals surface area (Å²) in [5, 5.41) is 5.15. The average molecular weight is 343 g/mol. The highest BCUT2D eigenvalue weighted by atomic mass is 32.2. The van der Waals surface area contributed by atoms with Gasteiger partial charge in [0.05, 0.1) is 24.1 Å². The number of carbonyl (C=O) groups excluding carboxylic acids is 1. The number of sulfonamides is 1. The van der Waals surface area contributed by atoms with Gasteiger partial charge in [-0.1, -0.05) is 0 Å². The van der Waals surface area contributed by atoms with Crippen LogP contribution >= 0.6 is 11.3 Å². The predicted octanol–water partition coefficient (Wildman–Crippen LogP) is 1.89. The molecule has 6 nitrogen and oxygen atoms in total. The highest BCUT2D eigenvalue weighted by Gasteiger charge is 2.15. The molecular formula is C13H14FN3O3S2. The van der Waals surface area contributed by atoms with E-state index in [9.17, 15) is 17.6 Å². The Morgan fingerprint density at radius 3 is 2.73 bits per heavy atom. The van der Waals surface area contributed by atoms with E-state index in [0.29, 0.717) is 5.01 Å². The summed E-state index contributed by atoms with van der Waals surface area (Å²) < 4.78 is 38.1. The lowest BCUT2D eigenvalue weighted by molar-refractivity contribution is 0.0951. The van der Waals surface area contributed by atoms with Crippen LogP contribution in [0.15, 0.2) is 23.6 Å². The Morgan fingerprint density at radius 2 is 2.14 bits per heavy atom.